The number of hydrogen-bond acceptors (Lipinski definition) is 6. The van der Waals surface area contributed by atoms with Gasteiger partial charge in [0.05, 0.1) is 26.2 Å². The van der Waals surface area contributed by atoms with Gasteiger partial charge in [-0.05, 0) is 44.5 Å². The van der Waals surface area contributed by atoms with E-state index in [1.165, 1.54) is 31.3 Å². The molecule has 0 aromatic heterocycles. The number of methoxy groups -OCH3 is 2. The zero-order chi connectivity index (χ0) is 26.3. The van der Waals surface area contributed by atoms with Crippen LogP contribution in [-0.2, 0) is 26.2 Å². The van der Waals surface area contributed by atoms with Gasteiger partial charge in [0.2, 0.25) is 21.8 Å². The molecule has 2 amide bonds. The summed E-state index contributed by atoms with van der Waals surface area (Å²) in [5, 5.41) is 3.22. The number of ether oxygens (including phenoxy) is 2. The normalized spacial score (nSPS) is 12.1. The Morgan fingerprint density at radius 1 is 1.06 bits per heavy atom. The monoisotopic (exact) mass is 525 g/mol. The lowest BCUT2D eigenvalue weighted by atomic mass is 10.1. The predicted octanol–water partition coefficient (Wildman–Crippen LogP) is 3.07. The third-order valence-corrected chi connectivity index (χ3v) is 6.73. The molecule has 0 heterocycles. The molecule has 1 atom stereocenters. The number of rotatable bonds is 11. The van der Waals surface area contributed by atoms with Crippen molar-refractivity contribution >= 4 is 39.1 Å². The second kappa shape index (κ2) is 12.1. The molecule has 2 aromatic carbocycles. The number of carbonyl (C=O) groups excluding carboxylic acids is 2. The summed E-state index contributed by atoms with van der Waals surface area (Å²) in [7, 11) is -1.04. The number of carbonyl (C=O) groups is 2. The minimum atomic E-state index is -3.91. The summed E-state index contributed by atoms with van der Waals surface area (Å²) in [6, 6.07) is 10.5. The molecule has 0 saturated heterocycles. The number of nitrogens with zero attached hydrogens (tertiary/aromatic N) is 2. The first-order valence-corrected chi connectivity index (χ1v) is 13.1. The van der Waals surface area contributed by atoms with Gasteiger partial charge < -0.3 is 19.7 Å². The van der Waals surface area contributed by atoms with E-state index in [4.69, 9.17) is 21.1 Å². The van der Waals surface area contributed by atoms with Crippen LogP contribution >= 0.6 is 11.6 Å². The fourth-order valence-corrected chi connectivity index (χ4v) is 4.43. The van der Waals surface area contributed by atoms with Gasteiger partial charge in [-0.15, -0.1) is 0 Å². The van der Waals surface area contributed by atoms with Crippen molar-refractivity contribution < 1.29 is 27.5 Å². The first kappa shape index (κ1) is 28.3. The molecule has 2 rings (SSSR count). The quantitative estimate of drug-likeness (QED) is 0.483. The van der Waals surface area contributed by atoms with E-state index >= 15 is 0 Å². The SMILES string of the molecule is COc1ccc(N(CC(=O)N(Cc2ccccc2Cl)[C@@H](C)C(=O)NC(C)C)S(C)(=O)=O)c(OC)c1. The lowest BCUT2D eigenvalue weighted by Crippen LogP contribution is -2.52. The molecule has 9 nitrogen and oxygen atoms in total. The van der Waals surface area contributed by atoms with Crippen LogP contribution in [0, 0.1) is 0 Å². The van der Waals surface area contributed by atoms with Crippen LogP contribution in [0.3, 0.4) is 0 Å². The van der Waals surface area contributed by atoms with Gasteiger partial charge in [-0.25, -0.2) is 8.42 Å². The standard InChI is InChI=1S/C24H32ClN3O6S/c1-16(2)26-24(30)17(3)27(14-18-9-7-8-10-20(18)25)23(29)15-28(35(6,31)32)21-12-11-19(33-4)13-22(21)34-5/h7-13,16-17H,14-15H2,1-6H3,(H,26,30)/t17-/m0/s1. The minimum Gasteiger partial charge on any atom is -0.497 e. The molecule has 2 aromatic rings. The van der Waals surface area contributed by atoms with E-state index in [0.717, 1.165) is 10.6 Å². The summed E-state index contributed by atoms with van der Waals surface area (Å²) in [5.41, 5.74) is 0.792. The number of amides is 2. The first-order chi connectivity index (χ1) is 16.4. The van der Waals surface area contributed by atoms with Gasteiger partial charge in [-0.3, -0.25) is 13.9 Å². The Labute approximate surface area is 212 Å². The van der Waals surface area contributed by atoms with E-state index < -0.39 is 28.5 Å². The van der Waals surface area contributed by atoms with Crippen molar-refractivity contribution in [3.05, 3.63) is 53.1 Å². The summed E-state index contributed by atoms with van der Waals surface area (Å²) in [4.78, 5) is 27.7. The summed E-state index contributed by atoms with van der Waals surface area (Å²) < 4.78 is 37.0. The molecule has 0 fully saturated rings. The second-order valence-corrected chi connectivity index (χ2v) is 10.6. The highest BCUT2D eigenvalue weighted by atomic mass is 35.5. The van der Waals surface area contributed by atoms with E-state index in [1.54, 1.807) is 37.3 Å². The predicted molar refractivity (Wildman–Crippen MR) is 136 cm³/mol. The molecule has 0 aliphatic heterocycles. The van der Waals surface area contributed by atoms with Gasteiger partial charge in [0.15, 0.2) is 0 Å². The molecule has 0 saturated carbocycles. The molecule has 35 heavy (non-hydrogen) atoms. The Morgan fingerprint density at radius 2 is 1.71 bits per heavy atom. The molecular formula is C24H32ClN3O6S. The minimum absolute atomic E-state index is 0.0164. The van der Waals surface area contributed by atoms with E-state index in [0.29, 0.717) is 16.3 Å². The van der Waals surface area contributed by atoms with Gasteiger partial charge in [0.25, 0.3) is 0 Å². The van der Waals surface area contributed by atoms with E-state index in [9.17, 15) is 18.0 Å². The Bertz CT molecular complexity index is 1160. The van der Waals surface area contributed by atoms with Crippen molar-refractivity contribution in [2.24, 2.45) is 0 Å². The number of hydrogen-bond donors (Lipinski definition) is 1. The topological polar surface area (TPSA) is 105 Å². The highest BCUT2D eigenvalue weighted by Gasteiger charge is 2.31. The van der Waals surface area contributed by atoms with Crippen LogP contribution in [0.2, 0.25) is 5.02 Å². The number of anilines is 1. The molecule has 0 aliphatic rings. The van der Waals surface area contributed by atoms with E-state index in [2.05, 4.69) is 5.32 Å². The molecule has 192 valence electrons. The second-order valence-electron chi connectivity index (χ2n) is 8.26. The number of nitrogens with one attached hydrogen (secondary N) is 1. The van der Waals surface area contributed by atoms with Crippen LogP contribution in [0.25, 0.3) is 0 Å². The number of sulfonamides is 1. The Hall–Kier alpha value is -2.98. The molecule has 11 heteroatoms. The average Bonchev–Trinajstić information content (AvgIpc) is 2.79. The lowest BCUT2D eigenvalue weighted by molar-refractivity contribution is -0.139. The Kier molecular flexibility index (Phi) is 9.79. The summed E-state index contributed by atoms with van der Waals surface area (Å²) in [6.07, 6.45) is 0.997. The van der Waals surface area contributed by atoms with Crippen molar-refractivity contribution in [3.8, 4) is 11.5 Å². The van der Waals surface area contributed by atoms with Gasteiger partial charge in [0, 0.05) is 23.7 Å². The smallest absolute Gasteiger partial charge is 0.244 e. The fraction of sp³-hybridized carbons (Fsp3) is 0.417. The third-order valence-electron chi connectivity index (χ3n) is 5.23. The highest BCUT2D eigenvalue weighted by molar-refractivity contribution is 7.92. The molecular weight excluding hydrogens is 494 g/mol. The maximum Gasteiger partial charge on any atom is 0.244 e. The van der Waals surface area contributed by atoms with Crippen molar-refractivity contribution in [3.63, 3.8) is 0 Å². The van der Waals surface area contributed by atoms with Crippen molar-refractivity contribution in [2.75, 3.05) is 31.3 Å². The maximum absolute atomic E-state index is 13.6. The largest absolute Gasteiger partial charge is 0.497 e. The molecule has 0 aliphatic carbocycles. The first-order valence-electron chi connectivity index (χ1n) is 10.9. The van der Waals surface area contributed by atoms with Gasteiger partial charge in [-0.1, -0.05) is 29.8 Å². The van der Waals surface area contributed by atoms with E-state index in [-0.39, 0.29) is 29.9 Å². The summed E-state index contributed by atoms with van der Waals surface area (Å²) >= 11 is 6.31. The van der Waals surface area contributed by atoms with Crippen LogP contribution in [0.5, 0.6) is 11.5 Å². The molecule has 0 bridgehead atoms. The third kappa shape index (κ3) is 7.50. The fourth-order valence-electron chi connectivity index (χ4n) is 3.38. The van der Waals surface area contributed by atoms with Gasteiger partial charge in [0.1, 0.15) is 24.1 Å². The van der Waals surface area contributed by atoms with Crippen LogP contribution in [0.1, 0.15) is 26.3 Å². The van der Waals surface area contributed by atoms with Crippen molar-refractivity contribution in [1.29, 1.82) is 0 Å². The van der Waals surface area contributed by atoms with Crippen LogP contribution in [0.4, 0.5) is 5.69 Å². The van der Waals surface area contributed by atoms with Gasteiger partial charge >= 0.3 is 0 Å². The van der Waals surface area contributed by atoms with Crippen molar-refractivity contribution in [1.82, 2.24) is 10.2 Å². The summed E-state index contributed by atoms with van der Waals surface area (Å²) in [6.45, 7) is 4.68. The van der Waals surface area contributed by atoms with Crippen molar-refractivity contribution in [2.45, 2.75) is 39.4 Å². The maximum atomic E-state index is 13.6. The molecule has 0 spiro atoms. The highest BCUT2D eigenvalue weighted by Crippen LogP contribution is 2.33. The van der Waals surface area contributed by atoms with Gasteiger partial charge in [-0.2, -0.15) is 0 Å². The van der Waals surface area contributed by atoms with Crippen LogP contribution in [0.15, 0.2) is 42.5 Å². The van der Waals surface area contributed by atoms with E-state index in [1.807, 2.05) is 13.8 Å². The number of benzene rings is 2. The van der Waals surface area contributed by atoms with Crippen LogP contribution < -0.4 is 19.1 Å². The molecule has 1 N–H and O–H groups in total. The lowest BCUT2D eigenvalue weighted by Gasteiger charge is -2.32. The molecule has 0 radical (unpaired) electrons. The van der Waals surface area contributed by atoms with Crippen LogP contribution in [-0.4, -0.2) is 64.2 Å². The average molecular weight is 526 g/mol. The Balaban J connectivity index is 2.48. The zero-order valence-electron chi connectivity index (χ0n) is 20.7. The zero-order valence-corrected chi connectivity index (χ0v) is 22.3. The summed E-state index contributed by atoms with van der Waals surface area (Å²) in [5.74, 6) is -0.275. The Morgan fingerprint density at radius 3 is 2.26 bits per heavy atom. The molecule has 0 unspecified atom stereocenters. The number of halogens is 1.